The molecule has 54 valence electrons. The first-order valence-corrected chi connectivity index (χ1v) is 2.79. The molecule has 0 aliphatic rings. The Hall–Kier alpha value is -0.410. The standard InChI is InChI=1S/C6H12O3/c1-5(7)6(2)9-4-8-3/h6H,4H2,1-3H3. The maximum Gasteiger partial charge on any atom is 0.158 e. The Kier molecular flexibility index (Phi) is 4.26. The molecule has 1 unspecified atom stereocenters. The summed E-state index contributed by atoms with van der Waals surface area (Å²) in [6.45, 7) is 3.36. The lowest BCUT2D eigenvalue weighted by atomic mass is 10.3. The van der Waals surface area contributed by atoms with Gasteiger partial charge in [-0.3, -0.25) is 4.79 Å². The van der Waals surface area contributed by atoms with Gasteiger partial charge in [0, 0.05) is 7.11 Å². The van der Waals surface area contributed by atoms with Gasteiger partial charge >= 0.3 is 0 Å². The Morgan fingerprint density at radius 2 is 2.22 bits per heavy atom. The van der Waals surface area contributed by atoms with Gasteiger partial charge < -0.3 is 9.47 Å². The molecule has 0 aliphatic heterocycles. The van der Waals surface area contributed by atoms with E-state index in [2.05, 4.69) is 4.74 Å². The molecule has 0 heterocycles. The average Bonchev–Trinajstić information content (AvgIpc) is 1.82. The number of carbonyl (C=O) groups excluding carboxylic acids is 1. The molecule has 0 aromatic carbocycles. The lowest BCUT2D eigenvalue weighted by molar-refractivity contribution is -0.135. The lowest BCUT2D eigenvalue weighted by Crippen LogP contribution is -2.18. The van der Waals surface area contributed by atoms with E-state index >= 15 is 0 Å². The fraction of sp³-hybridized carbons (Fsp3) is 0.833. The van der Waals surface area contributed by atoms with Gasteiger partial charge in [0.05, 0.1) is 0 Å². The highest BCUT2D eigenvalue weighted by atomic mass is 16.7. The maximum absolute atomic E-state index is 10.5. The largest absolute Gasteiger partial charge is 0.359 e. The number of methoxy groups -OCH3 is 1. The van der Waals surface area contributed by atoms with Crippen LogP contribution in [0.15, 0.2) is 0 Å². The molecule has 0 amide bonds. The van der Waals surface area contributed by atoms with Gasteiger partial charge in [0.1, 0.15) is 12.9 Å². The molecule has 0 aromatic rings. The molecule has 0 N–H and O–H groups in total. The number of carbonyl (C=O) groups is 1. The molecule has 0 aliphatic carbocycles. The predicted octanol–water partition coefficient (Wildman–Crippen LogP) is 0.584. The molecule has 0 radical (unpaired) electrons. The topological polar surface area (TPSA) is 35.5 Å². The Morgan fingerprint density at radius 1 is 1.67 bits per heavy atom. The fourth-order valence-electron chi connectivity index (χ4n) is 0.287. The average molecular weight is 132 g/mol. The first kappa shape index (κ1) is 8.59. The van der Waals surface area contributed by atoms with Crippen molar-refractivity contribution in [2.45, 2.75) is 20.0 Å². The molecule has 3 heteroatoms. The van der Waals surface area contributed by atoms with Gasteiger partial charge in [-0.2, -0.15) is 0 Å². The summed E-state index contributed by atoms with van der Waals surface area (Å²) in [5, 5.41) is 0. The Labute approximate surface area is 55.0 Å². The first-order valence-electron chi connectivity index (χ1n) is 2.79. The zero-order chi connectivity index (χ0) is 7.28. The summed E-state index contributed by atoms with van der Waals surface area (Å²) in [6, 6.07) is 0. The minimum absolute atomic E-state index is 0.0204. The number of Topliss-reactive ketones (excluding diaryl/α,β-unsaturated/α-hetero) is 1. The zero-order valence-corrected chi connectivity index (χ0v) is 6.01. The van der Waals surface area contributed by atoms with Crippen LogP contribution in [0.25, 0.3) is 0 Å². The molecule has 0 bridgehead atoms. The van der Waals surface area contributed by atoms with Gasteiger partial charge in [0.15, 0.2) is 5.78 Å². The van der Waals surface area contributed by atoms with Crippen LogP contribution in [0.2, 0.25) is 0 Å². The third-order valence-electron chi connectivity index (χ3n) is 1.01. The molecule has 0 spiro atoms. The summed E-state index contributed by atoms with van der Waals surface area (Å²) < 4.78 is 9.47. The molecular formula is C6H12O3. The SMILES string of the molecule is COCOC(C)C(C)=O. The maximum atomic E-state index is 10.5. The molecular weight excluding hydrogens is 120 g/mol. The number of rotatable bonds is 4. The van der Waals surface area contributed by atoms with Crippen LogP contribution in [0.4, 0.5) is 0 Å². The van der Waals surface area contributed by atoms with Gasteiger partial charge in [-0.05, 0) is 13.8 Å². The van der Waals surface area contributed by atoms with E-state index in [4.69, 9.17) is 4.74 Å². The van der Waals surface area contributed by atoms with Crippen molar-refractivity contribution < 1.29 is 14.3 Å². The Balaban J connectivity index is 3.27. The number of hydrogen-bond donors (Lipinski definition) is 0. The number of ether oxygens (including phenoxy) is 2. The van der Waals surface area contributed by atoms with Crippen LogP contribution < -0.4 is 0 Å². The zero-order valence-electron chi connectivity index (χ0n) is 6.01. The Bertz CT molecular complexity index is 90.3. The van der Waals surface area contributed by atoms with Crippen LogP contribution in [-0.4, -0.2) is 25.8 Å². The second-order valence-corrected chi connectivity index (χ2v) is 1.83. The normalized spacial score (nSPS) is 13.2. The van der Waals surface area contributed by atoms with Crippen molar-refractivity contribution in [1.82, 2.24) is 0 Å². The second-order valence-electron chi connectivity index (χ2n) is 1.83. The number of ketones is 1. The van der Waals surface area contributed by atoms with Crippen molar-refractivity contribution in [2.24, 2.45) is 0 Å². The summed E-state index contributed by atoms with van der Waals surface area (Å²) in [7, 11) is 1.52. The van der Waals surface area contributed by atoms with E-state index in [1.165, 1.54) is 14.0 Å². The fourth-order valence-corrected chi connectivity index (χ4v) is 0.287. The third-order valence-corrected chi connectivity index (χ3v) is 1.01. The highest BCUT2D eigenvalue weighted by molar-refractivity contribution is 5.79. The van der Waals surface area contributed by atoms with Crippen LogP contribution in [0, 0.1) is 0 Å². The van der Waals surface area contributed by atoms with Crippen molar-refractivity contribution in [2.75, 3.05) is 13.9 Å². The molecule has 0 saturated heterocycles. The summed E-state index contributed by atoms with van der Waals surface area (Å²) in [5.74, 6) is 0.0204. The van der Waals surface area contributed by atoms with Crippen LogP contribution in [-0.2, 0) is 14.3 Å². The minimum Gasteiger partial charge on any atom is -0.359 e. The Morgan fingerprint density at radius 3 is 2.56 bits per heavy atom. The molecule has 0 saturated carbocycles. The second kappa shape index (κ2) is 4.47. The van der Waals surface area contributed by atoms with E-state index in [0.29, 0.717) is 0 Å². The van der Waals surface area contributed by atoms with Crippen LogP contribution in [0.1, 0.15) is 13.8 Å². The van der Waals surface area contributed by atoms with Gasteiger partial charge in [-0.15, -0.1) is 0 Å². The van der Waals surface area contributed by atoms with Crippen molar-refractivity contribution in [1.29, 1.82) is 0 Å². The van der Waals surface area contributed by atoms with Gasteiger partial charge in [-0.25, -0.2) is 0 Å². The van der Waals surface area contributed by atoms with Crippen LogP contribution >= 0.6 is 0 Å². The molecule has 1 atom stereocenters. The predicted molar refractivity (Wildman–Crippen MR) is 33.1 cm³/mol. The molecule has 9 heavy (non-hydrogen) atoms. The van der Waals surface area contributed by atoms with Gasteiger partial charge in [0.25, 0.3) is 0 Å². The summed E-state index contributed by atoms with van der Waals surface area (Å²) in [6.07, 6.45) is -0.343. The van der Waals surface area contributed by atoms with Gasteiger partial charge in [-0.1, -0.05) is 0 Å². The third kappa shape index (κ3) is 4.12. The van der Waals surface area contributed by atoms with Crippen molar-refractivity contribution in [3.63, 3.8) is 0 Å². The molecule has 3 nitrogen and oxygen atoms in total. The monoisotopic (exact) mass is 132 g/mol. The van der Waals surface area contributed by atoms with Crippen molar-refractivity contribution in [3.8, 4) is 0 Å². The van der Waals surface area contributed by atoms with Crippen molar-refractivity contribution >= 4 is 5.78 Å². The minimum atomic E-state index is -0.343. The highest BCUT2D eigenvalue weighted by Gasteiger charge is 2.05. The van der Waals surface area contributed by atoms with E-state index < -0.39 is 0 Å². The molecule has 0 aromatic heterocycles. The van der Waals surface area contributed by atoms with E-state index in [-0.39, 0.29) is 18.7 Å². The van der Waals surface area contributed by atoms with E-state index in [1.807, 2.05) is 0 Å². The van der Waals surface area contributed by atoms with Crippen LogP contribution in [0.3, 0.4) is 0 Å². The number of hydrogen-bond acceptors (Lipinski definition) is 3. The molecule has 0 rings (SSSR count). The summed E-state index contributed by atoms with van der Waals surface area (Å²) in [5.41, 5.74) is 0. The van der Waals surface area contributed by atoms with Crippen molar-refractivity contribution in [3.05, 3.63) is 0 Å². The summed E-state index contributed by atoms with van der Waals surface area (Å²) >= 11 is 0. The highest BCUT2D eigenvalue weighted by Crippen LogP contribution is 1.90. The van der Waals surface area contributed by atoms with Gasteiger partial charge in [0.2, 0.25) is 0 Å². The lowest BCUT2D eigenvalue weighted by Gasteiger charge is -2.06. The first-order chi connectivity index (χ1) is 4.18. The summed E-state index contributed by atoms with van der Waals surface area (Å²) in [4.78, 5) is 10.5. The van der Waals surface area contributed by atoms with Crippen LogP contribution in [0.5, 0.6) is 0 Å². The quantitative estimate of drug-likeness (QED) is 0.525. The van der Waals surface area contributed by atoms with E-state index in [1.54, 1.807) is 6.92 Å². The molecule has 0 fully saturated rings. The van der Waals surface area contributed by atoms with E-state index in [9.17, 15) is 4.79 Å². The van der Waals surface area contributed by atoms with E-state index in [0.717, 1.165) is 0 Å². The smallest absolute Gasteiger partial charge is 0.158 e.